The van der Waals surface area contributed by atoms with E-state index in [4.69, 9.17) is 0 Å². The summed E-state index contributed by atoms with van der Waals surface area (Å²) in [6, 6.07) is 0.759. The maximum atomic E-state index is 12.9. The van der Waals surface area contributed by atoms with E-state index in [1.807, 2.05) is 0 Å². The number of alkyl halides is 2. The summed E-state index contributed by atoms with van der Waals surface area (Å²) in [4.78, 5) is 0. The summed E-state index contributed by atoms with van der Waals surface area (Å²) in [6.07, 6.45) is 4.15. The summed E-state index contributed by atoms with van der Waals surface area (Å²) in [5, 5.41) is 6.78. The summed E-state index contributed by atoms with van der Waals surface area (Å²) in [5.74, 6) is -1.93. The molecule has 2 rings (SSSR count). The van der Waals surface area contributed by atoms with Crippen LogP contribution in [0, 0.1) is 5.92 Å². The van der Waals surface area contributed by atoms with Gasteiger partial charge in [0.05, 0.1) is 0 Å². The topological polar surface area (TPSA) is 24.1 Å². The Kier molecular flexibility index (Phi) is 4.14. The zero-order chi connectivity index (χ0) is 11.4. The largest absolute Gasteiger partial charge is 0.315 e. The first kappa shape index (κ1) is 12.2. The van der Waals surface area contributed by atoms with Gasteiger partial charge in [0, 0.05) is 32.0 Å². The van der Waals surface area contributed by atoms with Crippen molar-refractivity contribution in [2.45, 2.75) is 50.5 Å². The highest BCUT2D eigenvalue weighted by Crippen LogP contribution is 2.35. The first-order valence-electron chi connectivity index (χ1n) is 6.48. The normalized spacial score (nSPS) is 25.9. The molecule has 2 aliphatic rings. The Morgan fingerprint density at radius 3 is 2.31 bits per heavy atom. The number of halogens is 2. The summed E-state index contributed by atoms with van der Waals surface area (Å²) < 4.78 is 25.8. The monoisotopic (exact) mass is 232 g/mol. The van der Waals surface area contributed by atoms with Crippen LogP contribution in [0.1, 0.15) is 38.5 Å². The summed E-state index contributed by atoms with van der Waals surface area (Å²) in [6.45, 7) is 2.87. The molecule has 0 aromatic rings. The van der Waals surface area contributed by atoms with Crippen molar-refractivity contribution in [3.8, 4) is 0 Å². The molecule has 2 nitrogen and oxygen atoms in total. The third-order valence-electron chi connectivity index (χ3n) is 3.58. The van der Waals surface area contributed by atoms with Gasteiger partial charge in [-0.3, -0.25) is 0 Å². The average molecular weight is 232 g/mol. The van der Waals surface area contributed by atoms with E-state index in [0.717, 1.165) is 25.7 Å². The Morgan fingerprint density at radius 1 is 1.00 bits per heavy atom. The molecular weight excluding hydrogens is 210 g/mol. The molecule has 0 heterocycles. The van der Waals surface area contributed by atoms with Crippen molar-refractivity contribution in [1.82, 2.24) is 10.6 Å². The molecule has 0 atom stereocenters. The van der Waals surface area contributed by atoms with Gasteiger partial charge in [0.1, 0.15) is 0 Å². The lowest BCUT2D eigenvalue weighted by Gasteiger charge is -2.28. The van der Waals surface area contributed by atoms with Crippen molar-refractivity contribution in [2.75, 3.05) is 19.6 Å². The van der Waals surface area contributed by atoms with Gasteiger partial charge < -0.3 is 10.6 Å². The Hall–Kier alpha value is -0.220. The third-order valence-corrected chi connectivity index (χ3v) is 3.58. The second-order valence-corrected chi connectivity index (χ2v) is 5.23. The van der Waals surface area contributed by atoms with Crippen molar-refractivity contribution < 1.29 is 8.78 Å². The number of rotatable bonds is 6. The number of nitrogens with one attached hydrogen (secondary N) is 2. The van der Waals surface area contributed by atoms with Crippen molar-refractivity contribution in [3.05, 3.63) is 0 Å². The molecular formula is C12H22F2N2. The second kappa shape index (κ2) is 5.41. The Morgan fingerprint density at radius 2 is 1.69 bits per heavy atom. The van der Waals surface area contributed by atoms with Crippen LogP contribution in [0.3, 0.4) is 0 Å². The van der Waals surface area contributed by atoms with Crippen molar-refractivity contribution in [1.29, 1.82) is 0 Å². The molecule has 2 fully saturated rings. The highest BCUT2D eigenvalue weighted by molar-refractivity contribution is 4.81. The van der Waals surface area contributed by atoms with Gasteiger partial charge in [-0.15, -0.1) is 0 Å². The molecule has 2 N–H and O–H groups in total. The van der Waals surface area contributed by atoms with Crippen LogP contribution in [-0.4, -0.2) is 31.6 Å². The predicted molar refractivity (Wildman–Crippen MR) is 60.8 cm³/mol. The second-order valence-electron chi connectivity index (χ2n) is 5.23. The molecule has 16 heavy (non-hydrogen) atoms. The quantitative estimate of drug-likeness (QED) is 0.686. The van der Waals surface area contributed by atoms with Gasteiger partial charge in [0.15, 0.2) is 0 Å². The molecule has 0 amide bonds. The molecule has 0 spiro atoms. The van der Waals surface area contributed by atoms with E-state index in [1.54, 1.807) is 0 Å². The van der Waals surface area contributed by atoms with Crippen molar-refractivity contribution >= 4 is 0 Å². The van der Waals surface area contributed by atoms with E-state index in [9.17, 15) is 8.78 Å². The van der Waals surface area contributed by atoms with Gasteiger partial charge in [0.25, 0.3) is 0 Å². The summed E-state index contributed by atoms with van der Waals surface area (Å²) in [5.41, 5.74) is 0. The maximum absolute atomic E-state index is 12.9. The molecule has 0 aromatic carbocycles. The van der Waals surface area contributed by atoms with E-state index in [1.165, 1.54) is 12.8 Å². The van der Waals surface area contributed by atoms with Crippen molar-refractivity contribution in [2.24, 2.45) is 5.92 Å². The minimum absolute atomic E-state index is 0.0830. The summed E-state index contributed by atoms with van der Waals surface area (Å²) >= 11 is 0. The van der Waals surface area contributed by atoms with Gasteiger partial charge >= 0.3 is 0 Å². The highest BCUT2D eigenvalue weighted by atomic mass is 19.3. The molecule has 0 radical (unpaired) electrons. The van der Waals surface area contributed by atoms with E-state index < -0.39 is 5.92 Å². The molecule has 2 aliphatic carbocycles. The van der Waals surface area contributed by atoms with E-state index in [0.29, 0.717) is 18.8 Å². The van der Waals surface area contributed by atoms with E-state index in [2.05, 4.69) is 10.6 Å². The molecule has 2 saturated carbocycles. The van der Waals surface area contributed by atoms with Gasteiger partial charge in [0.2, 0.25) is 5.92 Å². The SMILES string of the molecule is FC1(F)CCC(CNCCNC2CC2)CC1. The zero-order valence-electron chi connectivity index (χ0n) is 9.77. The van der Waals surface area contributed by atoms with Crippen LogP contribution < -0.4 is 10.6 Å². The van der Waals surface area contributed by atoms with Crippen LogP contribution in [0.2, 0.25) is 0 Å². The minimum Gasteiger partial charge on any atom is -0.315 e. The fourth-order valence-electron chi connectivity index (χ4n) is 2.26. The minimum atomic E-state index is -2.38. The molecule has 0 bridgehead atoms. The maximum Gasteiger partial charge on any atom is 0.248 e. The molecule has 4 heteroatoms. The lowest BCUT2D eigenvalue weighted by molar-refractivity contribution is -0.0454. The van der Waals surface area contributed by atoms with Crippen LogP contribution in [0.15, 0.2) is 0 Å². The van der Waals surface area contributed by atoms with Gasteiger partial charge in [-0.25, -0.2) is 8.78 Å². The first-order valence-corrected chi connectivity index (χ1v) is 6.48. The number of hydrogen-bond acceptors (Lipinski definition) is 2. The van der Waals surface area contributed by atoms with Gasteiger partial charge in [-0.2, -0.15) is 0 Å². The Balaban J connectivity index is 1.46. The van der Waals surface area contributed by atoms with Crippen LogP contribution >= 0.6 is 0 Å². The first-order chi connectivity index (χ1) is 7.66. The van der Waals surface area contributed by atoms with E-state index >= 15 is 0 Å². The molecule has 0 unspecified atom stereocenters. The van der Waals surface area contributed by atoms with Crippen LogP contribution in [-0.2, 0) is 0 Å². The predicted octanol–water partition coefficient (Wildman–Crippen LogP) is 2.15. The molecule has 0 aliphatic heterocycles. The van der Waals surface area contributed by atoms with Crippen LogP contribution in [0.4, 0.5) is 8.78 Å². The fraction of sp³-hybridized carbons (Fsp3) is 1.00. The average Bonchev–Trinajstić information content (AvgIpc) is 3.04. The van der Waals surface area contributed by atoms with Gasteiger partial charge in [-0.05, 0) is 38.1 Å². The zero-order valence-corrected chi connectivity index (χ0v) is 9.77. The molecule has 94 valence electrons. The Labute approximate surface area is 96.2 Å². The fourth-order valence-corrected chi connectivity index (χ4v) is 2.26. The number of hydrogen-bond donors (Lipinski definition) is 2. The molecule has 0 saturated heterocycles. The van der Waals surface area contributed by atoms with E-state index in [-0.39, 0.29) is 12.8 Å². The lowest BCUT2D eigenvalue weighted by atomic mass is 9.87. The third kappa shape index (κ3) is 4.34. The standard InChI is InChI=1S/C12H22F2N2/c13-12(14)5-3-10(4-6-12)9-15-7-8-16-11-1-2-11/h10-11,15-16H,1-9H2. The lowest BCUT2D eigenvalue weighted by Crippen LogP contribution is -2.34. The molecule has 0 aromatic heterocycles. The smallest absolute Gasteiger partial charge is 0.248 e. The highest BCUT2D eigenvalue weighted by Gasteiger charge is 2.34. The van der Waals surface area contributed by atoms with Gasteiger partial charge in [-0.1, -0.05) is 0 Å². The van der Waals surface area contributed by atoms with Crippen LogP contribution in [0.5, 0.6) is 0 Å². The summed E-state index contributed by atoms with van der Waals surface area (Å²) in [7, 11) is 0. The van der Waals surface area contributed by atoms with Crippen molar-refractivity contribution in [3.63, 3.8) is 0 Å². The van der Waals surface area contributed by atoms with Crippen LogP contribution in [0.25, 0.3) is 0 Å². The Bertz CT molecular complexity index is 207.